The van der Waals surface area contributed by atoms with Crippen LogP contribution in [0, 0.1) is 11.3 Å². The molecule has 0 unspecified atom stereocenters. The Kier molecular flexibility index (Phi) is 4.06. The van der Waals surface area contributed by atoms with Crippen molar-refractivity contribution in [1.82, 2.24) is 24.5 Å². The quantitative estimate of drug-likeness (QED) is 0.591. The van der Waals surface area contributed by atoms with Gasteiger partial charge in [-0.25, -0.2) is 9.67 Å². The molecule has 0 atom stereocenters. The Morgan fingerprint density at radius 1 is 1.22 bits per heavy atom. The molecule has 0 spiro atoms. The number of anilines is 1. The predicted octanol–water partition coefficient (Wildman–Crippen LogP) is 2.93. The third-order valence-electron chi connectivity index (χ3n) is 3.95. The van der Waals surface area contributed by atoms with E-state index in [9.17, 15) is 4.79 Å². The van der Waals surface area contributed by atoms with Gasteiger partial charge in [-0.05, 0) is 24.3 Å². The van der Waals surface area contributed by atoms with E-state index in [0.717, 1.165) is 16.6 Å². The fourth-order valence-corrected chi connectivity index (χ4v) is 2.93. The molecule has 4 aromatic rings. The minimum atomic E-state index is -0.462. The van der Waals surface area contributed by atoms with Crippen LogP contribution >= 0.6 is 11.6 Å². The second kappa shape index (κ2) is 6.55. The number of fused-ring (bicyclic) bond motifs is 1. The number of benzene rings is 1. The van der Waals surface area contributed by atoms with E-state index in [2.05, 4.69) is 20.5 Å². The number of halogens is 1. The maximum Gasteiger partial charge on any atom is 0.275 e. The lowest BCUT2D eigenvalue weighted by Crippen LogP contribution is -2.14. The van der Waals surface area contributed by atoms with E-state index in [1.165, 1.54) is 12.3 Å². The van der Waals surface area contributed by atoms with Gasteiger partial charge in [-0.15, -0.1) is 0 Å². The molecule has 3 heterocycles. The number of hydrogen-bond acceptors (Lipinski definition) is 5. The van der Waals surface area contributed by atoms with Crippen LogP contribution in [0.4, 0.5) is 5.69 Å². The average Bonchev–Trinajstić information content (AvgIpc) is 3.27. The first-order chi connectivity index (χ1) is 13.0. The van der Waals surface area contributed by atoms with Crippen LogP contribution in [0.1, 0.15) is 16.1 Å². The molecular weight excluding hydrogens is 366 g/mol. The van der Waals surface area contributed by atoms with Crippen LogP contribution in [-0.4, -0.2) is 30.5 Å². The molecule has 0 aliphatic carbocycles. The van der Waals surface area contributed by atoms with E-state index in [1.807, 2.05) is 31.4 Å². The van der Waals surface area contributed by atoms with Crippen molar-refractivity contribution in [3.05, 3.63) is 65.3 Å². The smallest absolute Gasteiger partial charge is 0.275 e. The molecule has 0 aliphatic rings. The molecule has 4 rings (SSSR count). The SMILES string of the molecule is Cn1cc(-n2ncc3ccc(NC(=O)c4ncc(C#N)cc4Cl)cc32)cn1. The predicted molar refractivity (Wildman–Crippen MR) is 99.8 cm³/mol. The van der Waals surface area contributed by atoms with Gasteiger partial charge in [0.2, 0.25) is 0 Å². The topological polar surface area (TPSA) is 101 Å². The highest BCUT2D eigenvalue weighted by Gasteiger charge is 2.14. The normalized spacial score (nSPS) is 10.7. The monoisotopic (exact) mass is 377 g/mol. The van der Waals surface area contributed by atoms with Crippen molar-refractivity contribution in [2.75, 3.05) is 5.32 Å². The highest BCUT2D eigenvalue weighted by atomic mass is 35.5. The molecule has 8 nitrogen and oxygen atoms in total. The summed E-state index contributed by atoms with van der Waals surface area (Å²) in [6.45, 7) is 0. The summed E-state index contributed by atoms with van der Waals surface area (Å²) in [5.74, 6) is -0.462. The molecule has 9 heteroatoms. The molecule has 0 saturated carbocycles. The summed E-state index contributed by atoms with van der Waals surface area (Å²) >= 11 is 6.06. The summed E-state index contributed by atoms with van der Waals surface area (Å²) in [5, 5.41) is 21.2. The molecule has 0 bridgehead atoms. The van der Waals surface area contributed by atoms with Crippen molar-refractivity contribution in [1.29, 1.82) is 5.26 Å². The Morgan fingerprint density at radius 2 is 2.07 bits per heavy atom. The highest BCUT2D eigenvalue weighted by Crippen LogP contribution is 2.23. The zero-order valence-corrected chi connectivity index (χ0v) is 14.8. The summed E-state index contributed by atoms with van der Waals surface area (Å²) in [5.41, 5.74) is 2.54. The molecule has 1 amide bonds. The third kappa shape index (κ3) is 3.12. The van der Waals surface area contributed by atoms with Crippen molar-refractivity contribution in [3.63, 3.8) is 0 Å². The lowest BCUT2D eigenvalue weighted by molar-refractivity contribution is 0.102. The summed E-state index contributed by atoms with van der Waals surface area (Å²) < 4.78 is 3.43. The van der Waals surface area contributed by atoms with Crippen LogP contribution in [0.3, 0.4) is 0 Å². The van der Waals surface area contributed by atoms with Crippen molar-refractivity contribution in [3.8, 4) is 11.8 Å². The summed E-state index contributed by atoms with van der Waals surface area (Å²) in [4.78, 5) is 16.5. The molecule has 3 aromatic heterocycles. The van der Waals surface area contributed by atoms with Crippen LogP contribution in [0.2, 0.25) is 5.02 Å². The van der Waals surface area contributed by atoms with Gasteiger partial charge >= 0.3 is 0 Å². The Bertz CT molecular complexity index is 1220. The van der Waals surface area contributed by atoms with Crippen molar-refractivity contribution in [2.24, 2.45) is 7.05 Å². The first-order valence-corrected chi connectivity index (χ1v) is 8.27. The van der Waals surface area contributed by atoms with E-state index < -0.39 is 5.91 Å². The van der Waals surface area contributed by atoms with Gasteiger partial charge in [0.25, 0.3) is 5.91 Å². The highest BCUT2D eigenvalue weighted by molar-refractivity contribution is 6.34. The first-order valence-electron chi connectivity index (χ1n) is 7.89. The van der Waals surface area contributed by atoms with Crippen molar-refractivity contribution in [2.45, 2.75) is 0 Å². The maximum absolute atomic E-state index is 12.5. The molecule has 27 heavy (non-hydrogen) atoms. The number of pyridine rings is 1. The Morgan fingerprint density at radius 3 is 2.78 bits per heavy atom. The number of carbonyl (C=O) groups excluding carboxylic acids is 1. The van der Waals surface area contributed by atoms with Gasteiger partial charge < -0.3 is 5.32 Å². The van der Waals surface area contributed by atoms with Gasteiger partial charge in [-0.1, -0.05) is 11.6 Å². The number of carbonyl (C=O) groups is 1. The van der Waals surface area contributed by atoms with E-state index in [4.69, 9.17) is 16.9 Å². The molecular formula is C18H12ClN7O. The summed E-state index contributed by atoms with van der Waals surface area (Å²) in [7, 11) is 1.83. The minimum Gasteiger partial charge on any atom is -0.321 e. The molecule has 0 radical (unpaired) electrons. The number of aryl methyl sites for hydroxylation is 1. The molecule has 132 valence electrons. The van der Waals surface area contributed by atoms with Crippen LogP contribution in [0.15, 0.2) is 49.1 Å². The lowest BCUT2D eigenvalue weighted by atomic mass is 10.2. The zero-order chi connectivity index (χ0) is 19.0. The van der Waals surface area contributed by atoms with Gasteiger partial charge in [0, 0.05) is 24.3 Å². The molecule has 0 fully saturated rings. The first kappa shape index (κ1) is 16.8. The Labute approximate surface area is 158 Å². The largest absolute Gasteiger partial charge is 0.321 e. The van der Waals surface area contributed by atoms with E-state index >= 15 is 0 Å². The van der Waals surface area contributed by atoms with Crippen LogP contribution in [-0.2, 0) is 7.05 Å². The van der Waals surface area contributed by atoms with Gasteiger partial charge in [0.15, 0.2) is 0 Å². The van der Waals surface area contributed by atoms with Crippen LogP contribution in [0.5, 0.6) is 0 Å². The summed E-state index contributed by atoms with van der Waals surface area (Å²) in [6, 6.07) is 8.78. The second-order valence-corrected chi connectivity index (χ2v) is 6.23. The molecule has 1 N–H and O–H groups in total. The number of nitriles is 1. The number of nitrogens with one attached hydrogen (secondary N) is 1. The van der Waals surface area contributed by atoms with Gasteiger partial charge in [0.1, 0.15) is 17.5 Å². The number of amides is 1. The Hall–Kier alpha value is -3.70. The van der Waals surface area contributed by atoms with Crippen LogP contribution < -0.4 is 5.32 Å². The zero-order valence-electron chi connectivity index (χ0n) is 14.1. The standard InChI is InChI=1S/C18H12ClN7O/c1-25-10-14(9-22-25)26-16-5-13(3-2-12(16)8-23-26)24-18(27)17-15(19)4-11(6-20)7-21-17/h2-5,7-10H,1H3,(H,24,27). The number of rotatable bonds is 3. The van der Waals surface area contributed by atoms with Crippen molar-refractivity contribution < 1.29 is 4.79 Å². The third-order valence-corrected chi connectivity index (χ3v) is 4.24. The fraction of sp³-hybridized carbons (Fsp3) is 0.0556. The Balaban J connectivity index is 1.66. The van der Waals surface area contributed by atoms with E-state index in [1.54, 1.807) is 27.8 Å². The van der Waals surface area contributed by atoms with E-state index in [-0.39, 0.29) is 10.7 Å². The van der Waals surface area contributed by atoms with E-state index in [0.29, 0.717) is 11.3 Å². The molecule has 0 saturated heterocycles. The van der Waals surface area contributed by atoms with Gasteiger partial charge in [-0.3, -0.25) is 9.48 Å². The van der Waals surface area contributed by atoms with Crippen LogP contribution in [0.25, 0.3) is 16.6 Å². The lowest BCUT2D eigenvalue weighted by Gasteiger charge is -2.07. The number of nitrogens with zero attached hydrogens (tertiary/aromatic N) is 6. The fourth-order valence-electron chi connectivity index (χ4n) is 2.68. The second-order valence-electron chi connectivity index (χ2n) is 5.82. The minimum absolute atomic E-state index is 0.0523. The number of aromatic nitrogens is 5. The van der Waals surface area contributed by atoms with Gasteiger partial charge in [0.05, 0.1) is 34.7 Å². The molecule has 0 aliphatic heterocycles. The number of hydrogen-bond donors (Lipinski definition) is 1. The maximum atomic E-state index is 12.5. The summed E-state index contributed by atoms with van der Waals surface area (Å²) in [6.07, 6.45) is 6.60. The van der Waals surface area contributed by atoms with Gasteiger partial charge in [-0.2, -0.15) is 15.5 Å². The average molecular weight is 378 g/mol. The molecule has 1 aromatic carbocycles. The van der Waals surface area contributed by atoms with Crippen molar-refractivity contribution >= 4 is 34.1 Å².